The smallest absolute Gasteiger partial charge is 0.259 e. The van der Waals surface area contributed by atoms with Gasteiger partial charge in [-0.15, -0.1) is 0 Å². The third-order valence-electron chi connectivity index (χ3n) is 5.65. The summed E-state index contributed by atoms with van der Waals surface area (Å²) < 4.78 is 1.79. The van der Waals surface area contributed by atoms with E-state index in [2.05, 4.69) is 10.4 Å². The van der Waals surface area contributed by atoms with E-state index in [9.17, 15) is 9.59 Å². The molecule has 0 aliphatic carbocycles. The molecule has 1 fully saturated rings. The van der Waals surface area contributed by atoms with Crippen LogP contribution in [0.3, 0.4) is 0 Å². The number of hydrogen-bond donors (Lipinski definition) is 1. The number of aromatic nitrogens is 2. The number of piperidine rings is 1. The maximum Gasteiger partial charge on any atom is 0.259 e. The highest BCUT2D eigenvalue weighted by molar-refractivity contribution is 6.30. The number of anilines is 1. The monoisotopic (exact) mass is 450 g/mol. The largest absolute Gasteiger partial charge is 0.338 e. The number of carbonyl (C=O) groups excluding carboxylic acids is 2. The van der Waals surface area contributed by atoms with E-state index in [1.807, 2.05) is 55.1 Å². The highest BCUT2D eigenvalue weighted by Crippen LogP contribution is 2.25. The molecule has 2 aromatic carbocycles. The molecule has 2 heterocycles. The molecule has 32 heavy (non-hydrogen) atoms. The van der Waals surface area contributed by atoms with Crippen molar-refractivity contribution in [3.05, 3.63) is 76.6 Å². The summed E-state index contributed by atoms with van der Waals surface area (Å²) in [5, 5.41) is 8.12. The molecule has 166 valence electrons. The van der Waals surface area contributed by atoms with E-state index >= 15 is 0 Å². The summed E-state index contributed by atoms with van der Waals surface area (Å²) in [7, 11) is 0. The molecule has 2 amide bonds. The third kappa shape index (κ3) is 4.86. The van der Waals surface area contributed by atoms with Crippen molar-refractivity contribution in [2.24, 2.45) is 0 Å². The average Bonchev–Trinajstić information content (AvgIpc) is 3.22. The lowest BCUT2D eigenvalue weighted by Crippen LogP contribution is -2.34. The van der Waals surface area contributed by atoms with Crippen LogP contribution in [0.1, 0.15) is 60.6 Å². The van der Waals surface area contributed by atoms with Gasteiger partial charge in [0, 0.05) is 30.2 Å². The summed E-state index contributed by atoms with van der Waals surface area (Å²) in [6, 6.07) is 15.1. The lowest BCUT2D eigenvalue weighted by atomic mass is 10.0. The van der Waals surface area contributed by atoms with Gasteiger partial charge in [-0.25, -0.2) is 4.68 Å². The molecule has 7 heteroatoms. The van der Waals surface area contributed by atoms with E-state index in [1.54, 1.807) is 23.0 Å². The molecule has 0 unspecified atom stereocenters. The van der Waals surface area contributed by atoms with Gasteiger partial charge in [0.25, 0.3) is 5.91 Å². The minimum atomic E-state index is -0.208. The zero-order valence-corrected chi connectivity index (χ0v) is 19.1. The lowest BCUT2D eigenvalue weighted by Gasteiger charge is -2.26. The summed E-state index contributed by atoms with van der Waals surface area (Å²) in [5.74, 6) is 0.0763. The van der Waals surface area contributed by atoms with Gasteiger partial charge in [0.1, 0.15) is 0 Å². The van der Waals surface area contributed by atoms with E-state index in [-0.39, 0.29) is 17.7 Å². The molecule has 0 radical (unpaired) electrons. The van der Waals surface area contributed by atoms with Crippen molar-refractivity contribution in [2.75, 3.05) is 11.9 Å². The van der Waals surface area contributed by atoms with Crippen molar-refractivity contribution in [1.29, 1.82) is 0 Å². The van der Waals surface area contributed by atoms with Crippen LogP contribution in [0.5, 0.6) is 0 Å². The summed E-state index contributed by atoms with van der Waals surface area (Å²) >= 11 is 6.01. The number of nitrogens with one attached hydrogen (secondary N) is 1. The van der Waals surface area contributed by atoms with Gasteiger partial charge < -0.3 is 10.2 Å². The quantitative estimate of drug-likeness (QED) is 0.545. The van der Waals surface area contributed by atoms with E-state index in [0.717, 1.165) is 36.3 Å². The van der Waals surface area contributed by atoms with Crippen LogP contribution >= 0.6 is 11.6 Å². The summed E-state index contributed by atoms with van der Waals surface area (Å²) in [6.07, 6.45) is 4.23. The summed E-state index contributed by atoms with van der Waals surface area (Å²) in [6.45, 7) is 5.43. The second-order valence-electron chi connectivity index (χ2n) is 8.41. The number of benzene rings is 2. The van der Waals surface area contributed by atoms with Crippen molar-refractivity contribution in [2.45, 2.75) is 45.6 Å². The van der Waals surface area contributed by atoms with Crippen LogP contribution in [0.25, 0.3) is 5.69 Å². The Labute approximate surface area is 193 Å². The molecule has 0 saturated carbocycles. The molecule has 1 aliphatic heterocycles. The number of rotatable bonds is 6. The molecule has 0 bridgehead atoms. The van der Waals surface area contributed by atoms with Crippen LogP contribution in [0, 0.1) is 0 Å². The van der Waals surface area contributed by atoms with Gasteiger partial charge in [-0.3, -0.25) is 9.59 Å². The molecule has 4 rings (SSSR count). The molecule has 1 aromatic heterocycles. The number of nitrogens with zero attached hydrogens (tertiary/aromatic N) is 3. The minimum absolute atomic E-state index is 0.0883. The molecule has 1 N–H and O–H groups in total. The molecule has 1 aliphatic rings. The van der Waals surface area contributed by atoms with Gasteiger partial charge in [-0.1, -0.05) is 37.6 Å². The first kappa shape index (κ1) is 22.1. The molecule has 6 nitrogen and oxygen atoms in total. The molecule has 0 spiro atoms. The number of amides is 2. The van der Waals surface area contributed by atoms with Crippen molar-refractivity contribution in [3.8, 4) is 5.69 Å². The van der Waals surface area contributed by atoms with Gasteiger partial charge in [0.2, 0.25) is 5.91 Å². The summed E-state index contributed by atoms with van der Waals surface area (Å²) in [5.41, 5.74) is 3.92. The predicted octanol–water partition coefficient (Wildman–Crippen LogP) is 5.41. The highest BCUT2D eigenvalue weighted by Gasteiger charge is 2.22. The molecular formula is C25H27ClN4O2. The SMILES string of the molecule is CC(C)c1c(C(=O)Nc2cccc(CN3CCCCC3=O)c2)cnn1-c1ccc(Cl)cc1. The van der Waals surface area contributed by atoms with Crippen LogP contribution in [-0.2, 0) is 11.3 Å². The Morgan fingerprint density at radius 1 is 1.16 bits per heavy atom. The molecule has 0 atom stereocenters. The Morgan fingerprint density at radius 3 is 2.66 bits per heavy atom. The Balaban J connectivity index is 1.54. The normalized spacial score (nSPS) is 14.1. The Hall–Kier alpha value is -3.12. The van der Waals surface area contributed by atoms with Gasteiger partial charge in [0.15, 0.2) is 0 Å². The molecule has 3 aromatic rings. The van der Waals surface area contributed by atoms with Crippen molar-refractivity contribution in [3.63, 3.8) is 0 Å². The van der Waals surface area contributed by atoms with Crippen molar-refractivity contribution < 1.29 is 9.59 Å². The van der Waals surface area contributed by atoms with E-state index in [0.29, 0.717) is 29.2 Å². The second-order valence-corrected chi connectivity index (χ2v) is 8.85. The standard InChI is InChI=1S/C25H27ClN4O2/c1-17(2)24-22(15-27-30(24)21-11-9-19(26)10-12-21)25(32)28-20-7-5-6-18(14-20)16-29-13-4-3-8-23(29)31/h5-7,9-12,14-15,17H,3-4,8,13,16H2,1-2H3,(H,28,32). The maximum absolute atomic E-state index is 13.1. The summed E-state index contributed by atoms with van der Waals surface area (Å²) in [4.78, 5) is 27.2. The average molecular weight is 451 g/mol. The van der Waals surface area contributed by atoms with Crippen LogP contribution in [-0.4, -0.2) is 33.0 Å². The van der Waals surface area contributed by atoms with Gasteiger partial charge in [-0.05, 0) is 60.7 Å². The van der Waals surface area contributed by atoms with E-state index in [4.69, 9.17) is 11.6 Å². The minimum Gasteiger partial charge on any atom is -0.338 e. The van der Waals surface area contributed by atoms with Gasteiger partial charge in [0.05, 0.1) is 23.1 Å². The maximum atomic E-state index is 13.1. The van der Waals surface area contributed by atoms with E-state index < -0.39 is 0 Å². The van der Waals surface area contributed by atoms with Crippen molar-refractivity contribution in [1.82, 2.24) is 14.7 Å². The second kappa shape index (κ2) is 9.57. The number of halogens is 1. The van der Waals surface area contributed by atoms with Crippen LogP contribution in [0.15, 0.2) is 54.7 Å². The fourth-order valence-corrected chi connectivity index (χ4v) is 4.20. The zero-order valence-electron chi connectivity index (χ0n) is 18.3. The van der Waals surface area contributed by atoms with Crippen LogP contribution in [0.2, 0.25) is 5.02 Å². The number of hydrogen-bond acceptors (Lipinski definition) is 3. The van der Waals surface area contributed by atoms with E-state index in [1.165, 1.54) is 0 Å². The number of likely N-dealkylation sites (tertiary alicyclic amines) is 1. The van der Waals surface area contributed by atoms with Crippen LogP contribution < -0.4 is 5.32 Å². The zero-order chi connectivity index (χ0) is 22.7. The number of carbonyl (C=O) groups is 2. The van der Waals surface area contributed by atoms with Crippen molar-refractivity contribution >= 4 is 29.1 Å². The first-order valence-corrected chi connectivity index (χ1v) is 11.3. The topological polar surface area (TPSA) is 67.2 Å². The Bertz CT molecular complexity index is 1120. The fourth-order valence-electron chi connectivity index (χ4n) is 4.07. The van der Waals surface area contributed by atoms with Crippen LogP contribution in [0.4, 0.5) is 5.69 Å². The molecule has 1 saturated heterocycles. The highest BCUT2D eigenvalue weighted by atomic mass is 35.5. The first-order chi connectivity index (χ1) is 15.4. The Kier molecular flexibility index (Phi) is 6.61. The lowest BCUT2D eigenvalue weighted by molar-refractivity contribution is -0.133. The third-order valence-corrected chi connectivity index (χ3v) is 5.90. The van der Waals surface area contributed by atoms with Gasteiger partial charge in [-0.2, -0.15) is 5.10 Å². The predicted molar refractivity (Wildman–Crippen MR) is 126 cm³/mol. The Morgan fingerprint density at radius 2 is 1.94 bits per heavy atom. The fraction of sp³-hybridized carbons (Fsp3) is 0.320. The molecular weight excluding hydrogens is 424 g/mol. The van der Waals surface area contributed by atoms with Gasteiger partial charge >= 0.3 is 0 Å². The first-order valence-electron chi connectivity index (χ1n) is 10.9.